The first-order valence-corrected chi connectivity index (χ1v) is 6.31. The molecule has 0 saturated heterocycles. The van der Waals surface area contributed by atoms with Gasteiger partial charge in [-0.15, -0.1) is 11.8 Å². The Hall–Kier alpha value is -1.49. The molecule has 0 radical (unpaired) electrons. The number of aromatic nitrogens is 2. The van der Waals surface area contributed by atoms with Gasteiger partial charge in [-0.05, 0) is 12.1 Å². The summed E-state index contributed by atoms with van der Waals surface area (Å²) in [5.41, 5.74) is 1.10. The first-order chi connectivity index (χ1) is 8.22. The highest BCUT2D eigenvalue weighted by Gasteiger charge is 2.06. The standard InChI is InChI=1S/C12H14N2O2S/c1-14-10-4-3-5-11(9(10)8-13-14)17-7-6-12(15)16-2/h3-5,8H,6-7H2,1-2H3. The Morgan fingerprint density at radius 3 is 3.12 bits per heavy atom. The highest BCUT2D eigenvalue weighted by Crippen LogP contribution is 2.27. The fourth-order valence-electron chi connectivity index (χ4n) is 1.62. The molecule has 2 aromatic rings. The monoisotopic (exact) mass is 250 g/mol. The van der Waals surface area contributed by atoms with E-state index in [0.717, 1.165) is 21.6 Å². The molecule has 0 unspecified atom stereocenters. The van der Waals surface area contributed by atoms with Crippen LogP contribution in [0, 0.1) is 0 Å². The molecule has 90 valence electrons. The van der Waals surface area contributed by atoms with Gasteiger partial charge in [0.15, 0.2) is 0 Å². The first kappa shape index (κ1) is 12.0. The number of esters is 1. The van der Waals surface area contributed by atoms with Crippen LogP contribution in [0.5, 0.6) is 0 Å². The van der Waals surface area contributed by atoms with Crippen molar-refractivity contribution in [2.45, 2.75) is 11.3 Å². The van der Waals surface area contributed by atoms with Crippen LogP contribution in [-0.4, -0.2) is 28.6 Å². The number of methoxy groups -OCH3 is 1. The molecule has 0 saturated carbocycles. The molecular formula is C12H14N2O2S. The van der Waals surface area contributed by atoms with E-state index in [9.17, 15) is 4.79 Å². The molecule has 1 aromatic heterocycles. The molecule has 0 fully saturated rings. The van der Waals surface area contributed by atoms with E-state index in [-0.39, 0.29) is 5.97 Å². The molecule has 0 spiro atoms. The van der Waals surface area contributed by atoms with E-state index in [0.29, 0.717) is 6.42 Å². The Morgan fingerprint density at radius 2 is 2.35 bits per heavy atom. The van der Waals surface area contributed by atoms with Crippen LogP contribution in [0.2, 0.25) is 0 Å². The molecule has 0 N–H and O–H groups in total. The quantitative estimate of drug-likeness (QED) is 0.616. The normalized spacial score (nSPS) is 10.7. The van der Waals surface area contributed by atoms with Gasteiger partial charge in [0.2, 0.25) is 0 Å². The Balaban J connectivity index is 2.11. The maximum absolute atomic E-state index is 11.0. The summed E-state index contributed by atoms with van der Waals surface area (Å²) in [5.74, 6) is 0.552. The van der Waals surface area contributed by atoms with Crippen molar-refractivity contribution < 1.29 is 9.53 Å². The maximum atomic E-state index is 11.0. The minimum Gasteiger partial charge on any atom is -0.469 e. The zero-order valence-corrected chi connectivity index (χ0v) is 10.7. The SMILES string of the molecule is COC(=O)CCSc1cccc2c1cnn2C. The van der Waals surface area contributed by atoms with Crippen LogP contribution in [0.3, 0.4) is 0 Å². The average Bonchev–Trinajstić information content (AvgIpc) is 2.72. The number of aryl methyl sites for hydroxylation is 1. The molecule has 1 aromatic carbocycles. The van der Waals surface area contributed by atoms with E-state index in [1.54, 1.807) is 11.8 Å². The molecule has 4 nitrogen and oxygen atoms in total. The molecule has 1 heterocycles. The smallest absolute Gasteiger partial charge is 0.306 e. The zero-order chi connectivity index (χ0) is 12.3. The number of hydrogen-bond acceptors (Lipinski definition) is 4. The molecule has 0 amide bonds. The summed E-state index contributed by atoms with van der Waals surface area (Å²) in [5, 5.41) is 5.36. The van der Waals surface area contributed by atoms with E-state index in [1.165, 1.54) is 7.11 Å². The number of rotatable bonds is 4. The van der Waals surface area contributed by atoms with Crippen molar-refractivity contribution in [1.82, 2.24) is 9.78 Å². The van der Waals surface area contributed by atoms with Gasteiger partial charge < -0.3 is 4.74 Å². The van der Waals surface area contributed by atoms with Crippen molar-refractivity contribution in [2.75, 3.05) is 12.9 Å². The van der Waals surface area contributed by atoms with Crippen LogP contribution in [0.15, 0.2) is 29.3 Å². The number of carbonyl (C=O) groups is 1. The Morgan fingerprint density at radius 1 is 1.53 bits per heavy atom. The van der Waals surface area contributed by atoms with Gasteiger partial charge in [-0.25, -0.2) is 0 Å². The van der Waals surface area contributed by atoms with Crippen molar-refractivity contribution in [1.29, 1.82) is 0 Å². The predicted molar refractivity (Wildman–Crippen MR) is 68.1 cm³/mol. The van der Waals surface area contributed by atoms with Crippen molar-refractivity contribution in [3.63, 3.8) is 0 Å². The fraction of sp³-hybridized carbons (Fsp3) is 0.333. The van der Waals surface area contributed by atoms with E-state index in [4.69, 9.17) is 0 Å². The van der Waals surface area contributed by atoms with Crippen molar-refractivity contribution in [3.05, 3.63) is 24.4 Å². The molecule has 17 heavy (non-hydrogen) atoms. The topological polar surface area (TPSA) is 44.1 Å². The third-order valence-corrected chi connectivity index (χ3v) is 3.62. The van der Waals surface area contributed by atoms with Crippen LogP contribution in [-0.2, 0) is 16.6 Å². The summed E-state index contributed by atoms with van der Waals surface area (Å²) in [4.78, 5) is 12.2. The highest BCUT2D eigenvalue weighted by molar-refractivity contribution is 7.99. The van der Waals surface area contributed by atoms with Gasteiger partial charge in [0.25, 0.3) is 0 Å². The highest BCUT2D eigenvalue weighted by atomic mass is 32.2. The number of carbonyl (C=O) groups excluding carboxylic acids is 1. The summed E-state index contributed by atoms with van der Waals surface area (Å²) >= 11 is 1.65. The average molecular weight is 250 g/mol. The van der Waals surface area contributed by atoms with Crippen LogP contribution >= 0.6 is 11.8 Å². The molecule has 5 heteroatoms. The minimum absolute atomic E-state index is 0.170. The second-order valence-corrected chi connectivity index (χ2v) is 4.77. The Labute approximate surface area is 104 Å². The molecule has 0 atom stereocenters. The summed E-state index contributed by atoms with van der Waals surface area (Å²) in [6.45, 7) is 0. The van der Waals surface area contributed by atoms with Gasteiger partial charge >= 0.3 is 5.97 Å². The molecule has 0 aliphatic heterocycles. The summed E-state index contributed by atoms with van der Waals surface area (Å²) < 4.78 is 6.46. The lowest BCUT2D eigenvalue weighted by atomic mass is 10.2. The van der Waals surface area contributed by atoms with Gasteiger partial charge in [-0.3, -0.25) is 9.48 Å². The third kappa shape index (κ3) is 2.61. The van der Waals surface area contributed by atoms with Gasteiger partial charge in [0.05, 0.1) is 25.2 Å². The number of hydrogen-bond donors (Lipinski definition) is 0. The second kappa shape index (κ2) is 5.23. The fourth-order valence-corrected chi connectivity index (χ4v) is 2.60. The second-order valence-electron chi connectivity index (χ2n) is 3.63. The van der Waals surface area contributed by atoms with Gasteiger partial charge in [-0.2, -0.15) is 5.10 Å². The van der Waals surface area contributed by atoms with Crippen LogP contribution in [0.25, 0.3) is 10.9 Å². The maximum Gasteiger partial charge on any atom is 0.306 e. The number of thioether (sulfide) groups is 1. The van der Waals surface area contributed by atoms with Gasteiger partial charge in [0.1, 0.15) is 0 Å². The van der Waals surface area contributed by atoms with Crippen molar-refractivity contribution >= 4 is 28.6 Å². The van der Waals surface area contributed by atoms with E-state index in [1.807, 2.05) is 36.1 Å². The van der Waals surface area contributed by atoms with Crippen LogP contribution < -0.4 is 0 Å². The predicted octanol–water partition coefficient (Wildman–Crippen LogP) is 2.23. The van der Waals surface area contributed by atoms with Crippen LogP contribution in [0.4, 0.5) is 0 Å². The minimum atomic E-state index is -0.170. The van der Waals surface area contributed by atoms with Crippen molar-refractivity contribution in [2.24, 2.45) is 7.05 Å². The molecule has 0 aliphatic carbocycles. The van der Waals surface area contributed by atoms with Gasteiger partial charge in [0, 0.05) is 23.1 Å². The van der Waals surface area contributed by atoms with E-state index in [2.05, 4.69) is 9.84 Å². The van der Waals surface area contributed by atoms with Gasteiger partial charge in [-0.1, -0.05) is 6.07 Å². The number of ether oxygens (including phenoxy) is 1. The molecule has 0 bridgehead atoms. The summed E-state index contributed by atoms with van der Waals surface area (Å²) in [6, 6.07) is 6.09. The molecular weight excluding hydrogens is 236 g/mol. The number of benzene rings is 1. The molecule has 2 rings (SSSR count). The Kier molecular flexibility index (Phi) is 3.68. The zero-order valence-electron chi connectivity index (χ0n) is 9.84. The lowest BCUT2D eigenvalue weighted by Gasteiger charge is -2.02. The lowest BCUT2D eigenvalue weighted by molar-refractivity contribution is -0.140. The third-order valence-electron chi connectivity index (χ3n) is 2.54. The first-order valence-electron chi connectivity index (χ1n) is 5.32. The van der Waals surface area contributed by atoms with E-state index < -0.39 is 0 Å². The summed E-state index contributed by atoms with van der Waals surface area (Å²) in [7, 11) is 3.33. The van der Waals surface area contributed by atoms with E-state index >= 15 is 0 Å². The molecule has 0 aliphatic rings. The number of nitrogens with zero attached hydrogens (tertiary/aromatic N) is 2. The Bertz CT molecular complexity index is 536. The largest absolute Gasteiger partial charge is 0.469 e. The number of fused-ring (bicyclic) bond motifs is 1. The van der Waals surface area contributed by atoms with Crippen molar-refractivity contribution in [3.8, 4) is 0 Å². The lowest BCUT2D eigenvalue weighted by Crippen LogP contribution is -2.00. The summed E-state index contributed by atoms with van der Waals surface area (Å²) in [6.07, 6.45) is 2.29. The van der Waals surface area contributed by atoms with Crippen LogP contribution in [0.1, 0.15) is 6.42 Å².